The number of aromatic carboxylic acids is 1. The summed E-state index contributed by atoms with van der Waals surface area (Å²) in [6.45, 7) is -0.259. The summed E-state index contributed by atoms with van der Waals surface area (Å²) in [7, 11) is 0. The number of aromatic nitrogens is 2. The summed E-state index contributed by atoms with van der Waals surface area (Å²) in [4.78, 5) is 18.0. The highest BCUT2D eigenvalue weighted by molar-refractivity contribution is 5.88. The van der Waals surface area contributed by atoms with Crippen LogP contribution in [0, 0.1) is 0 Å². The number of hydrogen-bond acceptors (Lipinski definition) is 4. The fourth-order valence-corrected chi connectivity index (χ4v) is 1.19. The summed E-state index contributed by atoms with van der Waals surface area (Å²) in [5.41, 5.74) is 0.0258. The van der Waals surface area contributed by atoms with Crippen molar-refractivity contribution in [3.8, 4) is 0 Å². The smallest absolute Gasteiger partial charge is 0.389 e. The fourth-order valence-electron chi connectivity index (χ4n) is 1.19. The van der Waals surface area contributed by atoms with Crippen molar-refractivity contribution >= 4 is 5.97 Å². The van der Waals surface area contributed by atoms with E-state index in [9.17, 15) is 18.0 Å². The van der Waals surface area contributed by atoms with E-state index in [1.807, 2.05) is 0 Å². The maximum absolute atomic E-state index is 11.8. The zero-order valence-electron chi connectivity index (χ0n) is 9.28. The van der Waals surface area contributed by atoms with Crippen LogP contribution in [0.15, 0.2) is 12.5 Å². The number of alkyl halides is 3. The van der Waals surface area contributed by atoms with E-state index >= 15 is 0 Å². The lowest BCUT2D eigenvalue weighted by Crippen LogP contribution is -2.10. The molecule has 0 aliphatic rings. The molecule has 0 fully saturated rings. The van der Waals surface area contributed by atoms with Crippen LogP contribution in [-0.2, 0) is 11.3 Å². The largest absolute Gasteiger partial charge is 0.478 e. The molecule has 0 atom stereocenters. The van der Waals surface area contributed by atoms with Crippen molar-refractivity contribution in [3.05, 3.63) is 23.8 Å². The minimum Gasteiger partial charge on any atom is -0.478 e. The number of nitrogens with zero attached hydrogens (tertiary/aromatic N) is 2. The molecule has 1 N–H and O–H groups in total. The van der Waals surface area contributed by atoms with Crippen LogP contribution in [0.2, 0.25) is 0 Å². The molecule has 18 heavy (non-hydrogen) atoms. The van der Waals surface area contributed by atoms with Gasteiger partial charge < -0.3 is 9.84 Å². The lowest BCUT2D eigenvalue weighted by molar-refractivity contribution is -0.138. The molecule has 0 radical (unpaired) electrons. The van der Waals surface area contributed by atoms with E-state index in [0.29, 0.717) is 0 Å². The van der Waals surface area contributed by atoms with Crippen LogP contribution in [-0.4, -0.2) is 33.8 Å². The van der Waals surface area contributed by atoms with Gasteiger partial charge in [0.2, 0.25) is 0 Å². The highest BCUT2D eigenvalue weighted by Crippen LogP contribution is 2.21. The summed E-state index contributed by atoms with van der Waals surface area (Å²) >= 11 is 0. The monoisotopic (exact) mass is 264 g/mol. The predicted molar refractivity (Wildman–Crippen MR) is 53.9 cm³/mol. The highest BCUT2D eigenvalue weighted by atomic mass is 19.4. The number of carboxylic acid groups (broad SMARTS) is 1. The van der Waals surface area contributed by atoms with Crippen molar-refractivity contribution in [3.63, 3.8) is 0 Å². The normalized spacial score (nSPS) is 11.5. The van der Waals surface area contributed by atoms with E-state index in [4.69, 9.17) is 9.84 Å². The first kappa shape index (κ1) is 14.4. The summed E-state index contributed by atoms with van der Waals surface area (Å²) in [6.07, 6.45) is -3.03. The second kappa shape index (κ2) is 6.29. The van der Waals surface area contributed by atoms with Crippen molar-refractivity contribution in [2.45, 2.75) is 25.6 Å². The fraction of sp³-hybridized carbons (Fsp3) is 0.500. The van der Waals surface area contributed by atoms with Crippen molar-refractivity contribution in [2.24, 2.45) is 0 Å². The third kappa shape index (κ3) is 5.09. The van der Waals surface area contributed by atoms with Gasteiger partial charge in [0.05, 0.1) is 12.3 Å². The SMILES string of the molecule is O=C(O)c1cncnc1COCCCC(F)(F)F. The maximum Gasteiger partial charge on any atom is 0.389 e. The molecule has 0 saturated heterocycles. The van der Waals surface area contributed by atoms with Crippen LogP contribution in [0.25, 0.3) is 0 Å². The van der Waals surface area contributed by atoms with Gasteiger partial charge in [-0.3, -0.25) is 0 Å². The quantitative estimate of drug-likeness (QED) is 0.796. The van der Waals surface area contributed by atoms with E-state index in [0.717, 1.165) is 12.5 Å². The van der Waals surface area contributed by atoms with Gasteiger partial charge in [0.1, 0.15) is 11.9 Å². The molecule has 0 saturated carbocycles. The Morgan fingerprint density at radius 1 is 1.44 bits per heavy atom. The summed E-state index contributed by atoms with van der Waals surface area (Å²) in [6, 6.07) is 0. The average molecular weight is 264 g/mol. The molecule has 0 bridgehead atoms. The molecule has 0 amide bonds. The van der Waals surface area contributed by atoms with E-state index in [2.05, 4.69) is 9.97 Å². The first-order chi connectivity index (χ1) is 8.40. The van der Waals surface area contributed by atoms with Gasteiger partial charge in [0.25, 0.3) is 0 Å². The van der Waals surface area contributed by atoms with Crippen LogP contribution in [0.3, 0.4) is 0 Å². The number of hydrogen-bond donors (Lipinski definition) is 1. The lowest BCUT2D eigenvalue weighted by Gasteiger charge is -2.07. The zero-order valence-corrected chi connectivity index (χ0v) is 9.28. The second-order valence-corrected chi connectivity index (χ2v) is 3.46. The Labute approximate surface area is 101 Å². The van der Waals surface area contributed by atoms with Gasteiger partial charge in [-0.15, -0.1) is 0 Å². The van der Waals surface area contributed by atoms with Gasteiger partial charge in [-0.2, -0.15) is 13.2 Å². The molecule has 0 aromatic carbocycles. The van der Waals surface area contributed by atoms with Gasteiger partial charge in [0.15, 0.2) is 0 Å². The summed E-state index contributed by atoms with van der Waals surface area (Å²) in [5.74, 6) is -1.20. The molecular formula is C10H11F3N2O3. The Hall–Kier alpha value is -1.70. The third-order valence-corrected chi connectivity index (χ3v) is 2.01. The first-order valence-electron chi connectivity index (χ1n) is 5.07. The maximum atomic E-state index is 11.8. The van der Waals surface area contributed by atoms with Crippen molar-refractivity contribution in [2.75, 3.05) is 6.61 Å². The molecule has 1 rings (SSSR count). The Bertz CT molecular complexity index is 410. The molecule has 0 aliphatic carbocycles. The average Bonchev–Trinajstić information content (AvgIpc) is 2.27. The number of carbonyl (C=O) groups is 1. The van der Waals surface area contributed by atoms with Gasteiger partial charge in [-0.05, 0) is 6.42 Å². The van der Waals surface area contributed by atoms with Crippen LogP contribution < -0.4 is 0 Å². The van der Waals surface area contributed by atoms with Gasteiger partial charge in [0, 0.05) is 19.2 Å². The van der Waals surface area contributed by atoms with Crippen molar-refractivity contribution in [1.29, 1.82) is 0 Å². The van der Waals surface area contributed by atoms with Crippen molar-refractivity contribution < 1.29 is 27.8 Å². The molecule has 8 heteroatoms. The summed E-state index contributed by atoms with van der Waals surface area (Å²) in [5, 5.41) is 8.79. The Balaban J connectivity index is 2.38. The molecule has 1 heterocycles. The Morgan fingerprint density at radius 3 is 2.78 bits per heavy atom. The molecule has 1 aromatic rings. The van der Waals surface area contributed by atoms with E-state index in [1.54, 1.807) is 0 Å². The van der Waals surface area contributed by atoms with Gasteiger partial charge >= 0.3 is 12.1 Å². The van der Waals surface area contributed by atoms with E-state index < -0.39 is 18.6 Å². The number of ether oxygens (including phenoxy) is 1. The number of rotatable bonds is 6. The minimum absolute atomic E-state index is 0.109. The molecule has 100 valence electrons. The third-order valence-electron chi connectivity index (χ3n) is 2.01. The highest BCUT2D eigenvalue weighted by Gasteiger charge is 2.25. The van der Waals surface area contributed by atoms with Gasteiger partial charge in [-0.1, -0.05) is 0 Å². The molecule has 0 spiro atoms. The standard InChI is InChI=1S/C10H11F3N2O3/c11-10(12,13)2-1-3-18-5-8-7(9(16)17)4-14-6-15-8/h4,6H,1-3,5H2,(H,16,17). The van der Waals surface area contributed by atoms with Crippen LogP contribution >= 0.6 is 0 Å². The molecule has 0 aliphatic heterocycles. The Morgan fingerprint density at radius 2 is 2.17 bits per heavy atom. The van der Waals surface area contributed by atoms with Crippen LogP contribution in [0.1, 0.15) is 28.9 Å². The molecule has 0 unspecified atom stereocenters. The van der Waals surface area contributed by atoms with Crippen LogP contribution in [0.5, 0.6) is 0 Å². The topological polar surface area (TPSA) is 72.3 Å². The predicted octanol–water partition coefficient (Wildman–Crippen LogP) is 2.03. The number of carboxylic acids is 1. The lowest BCUT2D eigenvalue weighted by atomic mass is 10.2. The zero-order chi connectivity index (χ0) is 13.6. The van der Waals surface area contributed by atoms with Crippen molar-refractivity contribution in [1.82, 2.24) is 9.97 Å². The second-order valence-electron chi connectivity index (χ2n) is 3.46. The number of halogens is 3. The first-order valence-corrected chi connectivity index (χ1v) is 5.07. The summed E-state index contributed by atoms with van der Waals surface area (Å²) < 4.78 is 40.4. The molecular weight excluding hydrogens is 253 g/mol. The van der Waals surface area contributed by atoms with E-state index in [-0.39, 0.29) is 30.9 Å². The van der Waals surface area contributed by atoms with E-state index in [1.165, 1.54) is 0 Å². The minimum atomic E-state index is -4.20. The van der Waals surface area contributed by atoms with Crippen LogP contribution in [0.4, 0.5) is 13.2 Å². The molecule has 5 nitrogen and oxygen atoms in total. The van der Waals surface area contributed by atoms with Gasteiger partial charge in [-0.25, -0.2) is 14.8 Å². The Kier molecular flexibility index (Phi) is 5.02. The molecule has 1 aromatic heterocycles.